The Kier molecular flexibility index (Phi) is 5.35. The Bertz CT molecular complexity index is 1540. The van der Waals surface area contributed by atoms with E-state index in [9.17, 15) is 9.59 Å². The predicted octanol–water partition coefficient (Wildman–Crippen LogP) is 3.41. The molecule has 0 radical (unpaired) electrons. The molecule has 9 heteroatoms. The second-order valence-electron chi connectivity index (χ2n) is 7.67. The lowest BCUT2D eigenvalue weighted by molar-refractivity contribution is -0.123. The van der Waals surface area contributed by atoms with Crippen molar-refractivity contribution in [3.8, 4) is 11.3 Å². The van der Waals surface area contributed by atoms with Gasteiger partial charge in [0.2, 0.25) is 0 Å². The minimum absolute atomic E-state index is 0.0777. The van der Waals surface area contributed by atoms with E-state index in [0.29, 0.717) is 28.1 Å². The SMILES string of the molecule is C=CC(=O)N(CCn1nc(-c2ccc3cc[nH]c3c2)c2c(N)ncnc21)C(=O)c1ccccc1. The Balaban J connectivity index is 1.52. The molecule has 3 aromatic heterocycles. The van der Waals surface area contributed by atoms with Crippen LogP contribution in [-0.2, 0) is 11.3 Å². The van der Waals surface area contributed by atoms with Gasteiger partial charge in [-0.2, -0.15) is 5.10 Å². The van der Waals surface area contributed by atoms with Crippen molar-refractivity contribution in [2.45, 2.75) is 6.54 Å². The molecule has 34 heavy (non-hydrogen) atoms. The second kappa shape index (κ2) is 8.62. The fourth-order valence-electron chi connectivity index (χ4n) is 3.94. The number of rotatable bonds is 6. The van der Waals surface area contributed by atoms with Gasteiger partial charge >= 0.3 is 0 Å². The highest BCUT2D eigenvalue weighted by Gasteiger charge is 2.23. The molecule has 0 saturated carbocycles. The van der Waals surface area contributed by atoms with Crippen LogP contribution in [0.25, 0.3) is 33.2 Å². The van der Waals surface area contributed by atoms with Gasteiger partial charge in [0.15, 0.2) is 5.65 Å². The van der Waals surface area contributed by atoms with E-state index in [-0.39, 0.29) is 13.1 Å². The van der Waals surface area contributed by atoms with E-state index in [2.05, 4.69) is 21.5 Å². The number of imide groups is 1. The first-order chi connectivity index (χ1) is 16.6. The highest BCUT2D eigenvalue weighted by Crippen LogP contribution is 2.31. The number of carbonyl (C=O) groups excluding carboxylic acids is 2. The summed E-state index contributed by atoms with van der Waals surface area (Å²) in [7, 11) is 0. The van der Waals surface area contributed by atoms with E-state index in [1.54, 1.807) is 28.9 Å². The molecule has 0 aliphatic heterocycles. The van der Waals surface area contributed by atoms with Crippen molar-refractivity contribution < 1.29 is 9.59 Å². The van der Waals surface area contributed by atoms with E-state index in [4.69, 9.17) is 10.8 Å². The molecule has 0 unspecified atom stereocenters. The van der Waals surface area contributed by atoms with E-state index < -0.39 is 11.8 Å². The fraction of sp³-hybridized carbons (Fsp3) is 0.0800. The molecule has 0 spiro atoms. The van der Waals surface area contributed by atoms with Crippen molar-refractivity contribution in [2.24, 2.45) is 0 Å². The number of hydrogen-bond donors (Lipinski definition) is 2. The molecular weight excluding hydrogens is 430 g/mol. The lowest BCUT2D eigenvalue weighted by Gasteiger charge is -2.19. The molecule has 0 atom stereocenters. The highest BCUT2D eigenvalue weighted by atomic mass is 16.2. The number of aromatic nitrogens is 5. The van der Waals surface area contributed by atoms with Gasteiger partial charge in [0.25, 0.3) is 11.8 Å². The number of anilines is 1. The number of hydrogen-bond acceptors (Lipinski definition) is 6. The van der Waals surface area contributed by atoms with Crippen LogP contribution in [0.4, 0.5) is 5.82 Å². The number of carbonyl (C=O) groups is 2. The van der Waals surface area contributed by atoms with E-state index in [1.807, 2.05) is 36.5 Å². The van der Waals surface area contributed by atoms with Gasteiger partial charge in [-0.15, -0.1) is 0 Å². The average Bonchev–Trinajstić information content (AvgIpc) is 3.49. The van der Waals surface area contributed by atoms with Crippen molar-refractivity contribution in [3.05, 3.63) is 85.3 Å². The lowest BCUT2D eigenvalue weighted by Crippen LogP contribution is -2.38. The van der Waals surface area contributed by atoms with Crippen molar-refractivity contribution in [1.82, 2.24) is 29.6 Å². The maximum Gasteiger partial charge on any atom is 0.260 e. The number of fused-ring (bicyclic) bond motifs is 2. The second-order valence-corrected chi connectivity index (χ2v) is 7.67. The van der Waals surface area contributed by atoms with E-state index in [0.717, 1.165) is 27.4 Å². The number of benzene rings is 2. The van der Waals surface area contributed by atoms with Crippen LogP contribution in [0.1, 0.15) is 10.4 Å². The van der Waals surface area contributed by atoms with Crippen LogP contribution >= 0.6 is 0 Å². The van der Waals surface area contributed by atoms with Gasteiger partial charge in [-0.05, 0) is 35.7 Å². The molecule has 3 N–H and O–H groups in total. The summed E-state index contributed by atoms with van der Waals surface area (Å²) in [6.45, 7) is 3.83. The predicted molar refractivity (Wildman–Crippen MR) is 130 cm³/mol. The Morgan fingerprint density at radius 1 is 1.12 bits per heavy atom. The minimum Gasteiger partial charge on any atom is -0.383 e. The van der Waals surface area contributed by atoms with Gasteiger partial charge < -0.3 is 10.7 Å². The largest absolute Gasteiger partial charge is 0.383 e. The molecule has 0 saturated heterocycles. The van der Waals surface area contributed by atoms with Crippen LogP contribution in [0.2, 0.25) is 0 Å². The zero-order valence-corrected chi connectivity index (χ0v) is 18.2. The minimum atomic E-state index is -0.489. The van der Waals surface area contributed by atoms with Gasteiger partial charge in [0, 0.05) is 29.4 Å². The zero-order chi connectivity index (χ0) is 23.7. The maximum atomic E-state index is 13.0. The summed E-state index contributed by atoms with van der Waals surface area (Å²) in [6.07, 6.45) is 4.37. The maximum absolute atomic E-state index is 13.0. The number of H-pyrrole nitrogens is 1. The Morgan fingerprint density at radius 3 is 2.74 bits per heavy atom. The molecule has 0 fully saturated rings. The quantitative estimate of drug-likeness (QED) is 0.382. The monoisotopic (exact) mass is 451 g/mol. The molecule has 0 aliphatic carbocycles. The smallest absolute Gasteiger partial charge is 0.260 e. The van der Waals surface area contributed by atoms with Crippen LogP contribution in [0, 0.1) is 0 Å². The molecule has 2 aromatic carbocycles. The first-order valence-corrected chi connectivity index (χ1v) is 10.6. The van der Waals surface area contributed by atoms with Crippen molar-refractivity contribution in [1.29, 1.82) is 0 Å². The molecular formula is C25H21N7O2. The Hall–Kier alpha value is -4.79. The first-order valence-electron chi connectivity index (χ1n) is 10.6. The molecule has 9 nitrogen and oxygen atoms in total. The number of nitrogens with one attached hydrogen (secondary N) is 1. The van der Waals surface area contributed by atoms with Gasteiger partial charge in [-0.3, -0.25) is 14.5 Å². The average molecular weight is 451 g/mol. The van der Waals surface area contributed by atoms with Gasteiger partial charge in [0.05, 0.1) is 11.9 Å². The topological polar surface area (TPSA) is 123 Å². The normalized spacial score (nSPS) is 11.1. The molecule has 3 heterocycles. The van der Waals surface area contributed by atoms with Crippen molar-refractivity contribution in [2.75, 3.05) is 12.3 Å². The third-order valence-corrected chi connectivity index (χ3v) is 5.63. The van der Waals surface area contributed by atoms with Crippen molar-refractivity contribution in [3.63, 3.8) is 0 Å². The van der Waals surface area contributed by atoms with E-state index in [1.165, 1.54) is 6.33 Å². The summed E-state index contributed by atoms with van der Waals surface area (Å²) >= 11 is 0. The van der Waals surface area contributed by atoms with Crippen molar-refractivity contribution >= 4 is 39.6 Å². The summed E-state index contributed by atoms with van der Waals surface area (Å²) in [5.74, 6) is -0.595. The molecule has 168 valence electrons. The third kappa shape index (κ3) is 3.69. The Labute approximate surface area is 194 Å². The van der Waals surface area contributed by atoms with Crippen LogP contribution in [-0.4, -0.2) is 48.0 Å². The Morgan fingerprint density at radius 2 is 1.94 bits per heavy atom. The summed E-state index contributed by atoms with van der Waals surface area (Å²) < 4.78 is 1.64. The standard InChI is InChI=1S/C25H21N7O2/c1-2-20(33)31(25(34)17-6-4-3-5-7-17)12-13-32-24-21(23(26)28-15-29-24)22(30-32)18-9-8-16-10-11-27-19(16)14-18/h2-11,14-15,27H,1,12-13H2,(H2,26,28,29). The fourth-order valence-corrected chi connectivity index (χ4v) is 3.94. The first kappa shape index (κ1) is 21.1. The molecule has 0 aliphatic rings. The lowest BCUT2D eigenvalue weighted by atomic mass is 10.1. The highest BCUT2D eigenvalue weighted by molar-refractivity contribution is 6.07. The van der Waals surface area contributed by atoms with Crippen LogP contribution in [0.3, 0.4) is 0 Å². The number of nitrogen functional groups attached to an aromatic ring is 1. The summed E-state index contributed by atoms with van der Waals surface area (Å²) in [6, 6.07) is 16.6. The van der Waals surface area contributed by atoms with Crippen LogP contribution < -0.4 is 5.73 Å². The molecule has 5 rings (SSSR count). The van der Waals surface area contributed by atoms with Crippen LogP contribution in [0.15, 0.2) is 79.8 Å². The van der Waals surface area contributed by atoms with Crippen LogP contribution in [0.5, 0.6) is 0 Å². The summed E-state index contributed by atoms with van der Waals surface area (Å²) in [4.78, 5) is 38.3. The molecule has 2 amide bonds. The number of amides is 2. The van der Waals surface area contributed by atoms with Gasteiger partial charge in [-0.25, -0.2) is 14.6 Å². The van der Waals surface area contributed by atoms with Gasteiger partial charge in [0.1, 0.15) is 17.8 Å². The summed E-state index contributed by atoms with van der Waals surface area (Å²) in [5, 5.41) is 6.44. The van der Waals surface area contributed by atoms with E-state index >= 15 is 0 Å². The van der Waals surface area contributed by atoms with Gasteiger partial charge in [-0.1, -0.05) is 36.9 Å². The molecule has 5 aromatic rings. The third-order valence-electron chi connectivity index (χ3n) is 5.63. The number of nitrogens with two attached hydrogens (primary N) is 1. The molecule has 0 bridgehead atoms. The number of aromatic amines is 1. The zero-order valence-electron chi connectivity index (χ0n) is 18.2. The number of nitrogens with zero attached hydrogens (tertiary/aromatic N) is 5. The summed E-state index contributed by atoms with van der Waals surface area (Å²) in [5.41, 5.74) is 9.58.